The van der Waals surface area contributed by atoms with Crippen molar-refractivity contribution in [2.75, 3.05) is 13.7 Å². The molecule has 0 amide bonds. The van der Waals surface area contributed by atoms with Crippen LogP contribution < -0.4 is 4.74 Å². The molecule has 6 nitrogen and oxygen atoms in total. The third-order valence-electron chi connectivity index (χ3n) is 5.47. The largest absolute Gasteiger partial charge is 0.497 e. The van der Waals surface area contributed by atoms with E-state index in [1.54, 1.807) is 7.11 Å². The Morgan fingerprint density at radius 1 is 1.30 bits per heavy atom. The number of hydrogen-bond acceptors (Lipinski definition) is 5. The quantitative estimate of drug-likeness (QED) is 0.705. The number of H-pyrrole nitrogens is 1. The summed E-state index contributed by atoms with van der Waals surface area (Å²) in [7, 11) is 1.68. The summed E-state index contributed by atoms with van der Waals surface area (Å²) in [6, 6.07) is 8.46. The third kappa shape index (κ3) is 3.37. The molecule has 1 N–H and O–H groups in total. The summed E-state index contributed by atoms with van der Waals surface area (Å²) < 4.78 is 10.8. The van der Waals surface area contributed by atoms with Crippen molar-refractivity contribution in [3.05, 3.63) is 53.0 Å². The smallest absolute Gasteiger partial charge is 0.141 e. The van der Waals surface area contributed by atoms with E-state index in [0.717, 1.165) is 54.4 Å². The maximum atomic E-state index is 5.55. The molecule has 6 heteroatoms. The summed E-state index contributed by atoms with van der Waals surface area (Å²) in [6.07, 6.45) is 5.15. The van der Waals surface area contributed by atoms with Crippen LogP contribution in [0, 0.1) is 6.92 Å². The van der Waals surface area contributed by atoms with Gasteiger partial charge in [0, 0.05) is 35.7 Å². The van der Waals surface area contributed by atoms with Crippen molar-refractivity contribution in [3.8, 4) is 17.0 Å². The van der Waals surface area contributed by atoms with Gasteiger partial charge in [0.25, 0.3) is 0 Å². The van der Waals surface area contributed by atoms with Crippen LogP contribution in [0.5, 0.6) is 5.75 Å². The van der Waals surface area contributed by atoms with E-state index in [-0.39, 0.29) is 0 Å². The molecular formula is C21H26N4O2. The second kappa shape index (κ2) is 7.56. The molecule has 1 atom stereocenters. The lowest BCUT2D eigenvalue weighted by Gasteiger charge is -2.24. The zero-order chi connectivity index (χ0) is 18.8. The van der Waals surface area contributed by atoms with Gasteiger partial charge in [-0.3, -0.25) is 10.00 Å². The topological polar surface area (TPSA) is 67.2 Å². The minimum absolute atomic E-state index is 0.366. The van der Waals surface area contributed by atoms with Crippen molar-refractivity contribution in [1.29, 1.82) is 0 Å². The fraction of sp³-hybridized carbons (Fsp3) is 0.429. The lowest BCUT2D eigenvalue weighted by atomic mass is 10.0. The van der Waals surface area contributed by atoms with E-state index in [2.05, 4.69) is 46.2 Å². The highest BCUT2D eigenvalue weighted by atomic mass is 16.5. The number of likely N-dealkylation sites (tertiary alicyclic amines) is 1. The third-order valence-corrected chi connectivity index (χ3v) is 5.47. The Labute approximate surface area is 159 Å². The molecule has 2 aromatic heterocycles. The van der Waals surface area contributed by atoms with Crippen LogP contribution in [0.2, 0.25) is 0 Å². The van der Waals surface area contributed by atoms with Crippen LogP contribution in [0.1, 0.15) is 48.4 Å². The van der Waals surface area contributed by atoms with E-state index in [9.17, 15) is 0 Å². The Kier molecular flexibility index (Phi) is 4.99. The van der Waals surface area contributed by atoms with E-state index >= 15 is 0 Å². The number of aromatic nitrogens is 3. The van der Waals surface area contributed by atoms with E-state index in [1.165, 1.54) is 17.5 Å². The highest BCUT2D eigenvalue weighted by molar-refractivity contribution is 5.63. The lowest BCUT2D eigenvalue weighted by Crippen LogP contribution is -2.23. The fourth-order valence-corrected chi connectivity index (χ4v) is 4.11. The van der Waals surface area contributed by atoms with E-state index < -0.39 is 0 Å². The van der Waals surface area contributed by atoms with Gasteiger partial charge in [0.1, 0.15) is 11.5 Å². The first-order valence-corrected chi connectivity index (χ1v) is 9.57. The number of nitrogens with one attached hydrogen (secondary N) is 1. The molecule has 1 saturated heterocycles. The molecule has 0 saturated carbocycles. The van der Waals surface area contributed by atoms with E-state index in [0.29, 0.717) is 6.04 Å². The van der Waals surface area contributed by atoms with Gasteiger partial charge in [-0.25, -0.2) is 0 Å². The first-order chi connectivity index (χ1) is 13.2. The number of methoxy groups -OCH3 is 1. The number of nitrogens with zero attached hydrogens (tertiary/aromatic N) is 3. The molecule has 142 valence electrons. The second-order valence-electron chi connectivity index (χ2n) is 7.09. The average Bonchev–Trinajstić information content (AvgIpc) is 3.42. The summed E-state index contributed by atoms with van der Waals surface area (Å²) in [5.41, 5.74) is 5.70. The number of benzene rings is 1. The van der Waals surface area contributed by atoms with E-state index in [1.807, 2.05) is 18.3 Å². The highest BCUT2D eigenvalue weighted by Crippen LogP contribution is 2.37. The van der Waals surface area contributed by atoms with Crippen LogP contribution in [0.15, 0.2) is 35.0 Å². The van der Waals surface area contributed by atoms with Gasteiger partial charge in [-0.05, 0) is 50.6 Å². The summed E-state index contributed by atoms with van der Waals surface area (Å²) in [6.45, 7) is 6.11. The first-order valence-electron chi connectivity index (χ1n) is 9.57. The van der Waals surface area contributed by atoms with Gasteiger partial charge in [0.2, 0.25) is 0 Å². The maximum absolute atomic E-state index is 5.55. The predicted molar refractivity (Wildman–Crippen MR) is 104 cm³/mol. The van der Waals surface area contributed by atoms with Gasteiger partial charge in [0.15, 0.2) is 0 Å². The number of rotatable bonds is 6. The van der Waals surface area contributed by atoms with Crippen molar-refractivity contribution in [2.24, 2.45) is 0 Å². The average molecular weight is 366 g/mol. The molecule has 0 bridgehead atoms. The molecule has 27 heavy (non-hydrogen) atoms. The molecule has 0 unspecified atom stereocenters. The normalized spacial score (nSPS) is 17.5. The minimum Gasteiger partial charge on any atom is -0.497 e. The van der Waals surface area contributed by atoms with Gasteiger partial charge in [-0.2, -0.15) is 5.10 Å². The van der Waals surface area contributed by atoms with Crippen LogP contribution in [-0.2, 0) is 13.0 Å². The van der Waals surface area contributed by atoms with Crippen LogP contribution >= 0.6 is 0 Å². The summed E-state index contributed by atoms with van der Waals surface area (Å²) >= 11 is 0. The Bertz CT molecular complexity index is 897. The number of aryl methyl sites for hydroxylation is 2. The number of hydrogen-bond donors (Lipinski definition) is 1. The molecule has 0 spiro atoms. The van der Waals surface area contributed by atoms with Crippen LogP contribution in [0.3, 0.4) is 0 Å². The lowest BCUT2D eigenvalue weighted by molar-refractivity contribution is 0.245. The number of ether oxygens (including phenoxy) is 1. The minimum atomic E-state index is 0.366. The van der Waals surface area contributed by atoms with Gasteiger partial charge in [-0.1, -0.05) is 12.1 Å². The second-order valence-corrected chi connectivity index (χ2v) is 7.09. The van der Waals surface area contributed by atoms with E-state index in [4.69, 9.17) is 9.26 Å². The van der Waals surface area contributed by atoms with Crippen molar-refractivity contribution in [2.45, 2.75) is 45.7 Å². The van der Waals surface area contributed by atoms with Crippen LogP contribution in [-0.4, -0.2) is 33.9 Å². The summed E-state index contributed by atoms with van der Waals surface area (Å²) in [4.78, 5) is 2.52. The highest BCUT2D eigenvalue weighted by Gasteiger charge is 2.31. The molecule has 0 aliphatic carbocycles. The molecule has 4 rings (SSSR count). The van der Waals surface area contributed by atoms with Gasteiger partial charge in [-0.15, -0.1) is 0 Å². The Morgan fingerprint density at radius 3 is 2.85 bits per heavy atom. The zero-order valence-corrected chi connectivity index (χ0v) is 16.2. The first kappa shape index (κ1) is 17.8. The molecule has 3 heterocycles. The van der Waals surface area contributed by atoms with Crippen molar-refractivity contribution in [1.82, 2.24) is 20.3 Å². The van der Waals surface area contributed by atoms with Crippen molar-refractivity contribution < 1.29 is 9.26 Å². The van der Waals surface area contributed by atoms with Crippen LogP contribution in [0.25, 0.3) is 11.3 Å². The summed E-state index contributed by atoms with van der Waals surface area (Å²) in [5, 5.41) is 11.7. The fourth-order valence-electron chi connectivity index (χ4n) is 4.11. The van der Waals surface area contributed by atoms with Gasteiger partial charge >= 0.3 is 0 Å². The predicted octanol–water partition coefficient (Wildman–Crippen LogP) is 4.28. The number of aromatic amines is 1. The molecule has 3 aromatic rings. The zero-order valence-electron chi connectivity index (χ0n) is 16.2. The van der Waals surface area contributed by atoms with Gasteiger partial charge < -0.3 is 9.26 Å². The molecule has 1 fully saturated rings. The molecule has 0 radical (unpaired) electrons. The Balaban J connectivity index is 1.59. The molecule has 1 aliphatic heterocycles. The van der Waals surface area contributed by atoms with Crippen molar-refractivity contribution in [3.63, 3.8) is 0 Å². The SMILES string of the molecule is CCc1onc(C)c1[C@H]1CCCN1Cc1cn[nH]c1-c1ccc(OC)cc1. The van der Waals surface area contributed by atoms with Crippen LogP contribution in [0.4, 0.5) is 0 Å². The molecular weight excluding hydrogens is 340 g/mol. The summed E-state index contributed by atoms with van der Waals surface area (Å²) in [5.74, 6) is 1.88. The molecule has 1 aromatic carbocycles. The Hall–Kier alpha value is -2.60. The molecule has 1 aliphatic rings. The van der Waals surface area contributed by atoms with Crippen molar-refractivity contribution >= 4 is 0 Å². The maximum Gasteiger partial charge on any atom is 0.141 e. The monoisotopic (exact) mass is 366 g/mol. The Morgan fingerprint density at radius 2 is 2.11 bits per heavy atom. The standard InChI is InChI=1S/C21H26N4O2/c1-4-19-20(14(2)24-27-19)18-6-5-11-25(18)13-16-12-22-23-21(16)15-7-9-17(26-3)10-8-15/h7-10,12,18H,4-6,11,13H2,1-3H3,(H,22,23)/t18-/m1/s1. The van der Waals surface area contributed by atoms with Gasteiger partial charge in [0.05, 0.1) is 24.7 Å².